The van der Waals surface area contributed by atoms with Crippen LogP contribution in [-0.4, -0.2) is 26.4 Å². The average molecular weight is 304 g/mol. The van der Waals surface area contributed by atoms with Crippen LogP contribution < -0.4 is 5.32 Å². The molecule has 0 saturated heterocycles. The number of phenolic OH excluding ortho intramolecular Hbond substituents is 1. The summed E-state index contributed by atoms with van der Waals surface area (Å²) in [5, 5.41) is 26.2. The van der Waals surface area contributed by atoms with Gasteiger partial charge in [0.05, 0.1) is 22.4 Å². The number of hydrogen-bond donors (Lipinski definition) is 3. The van der Waals surface area contributed by atoms with Crippen LogP contribution in [0.2, 0.25) is 5.02 Å². The highest BCUT2D eigenvalue weighted by atomic mass is 35.5. The summed E-state index contributed by atoms with van der Waals surface area (Å²) in [5.41, 5.74) is 3.54. The number of aliphatic hydroxyl groups excluding tert-OH is 1. The highest BCUT2D eigenvalue weighted by Gasteiger charge is 2.07. The summed E-state index contributed by atoms with van der Waals surface area (Å²) in [6, 6.07) is 8.83. The Balaban J connectivity index is 1.95. The second kappa shape index (κ2) is 5.63. The summed E-state index contributed by atoms with van der Waals surface area (Å²) in [6.45, 7) is 0.112. The van der Waals surface area contributed by atoms with E-state index < -0.39 is 0 Å². The van der Waals surface area contributed by atoms with Gasteiger partial charge in [-0.3, -0.25) is 0 Å². The monoisotopic (exact) mass is 303 g/mol. The van der Waals surface area contributed by atoms with Gasteiger partial charge in [-0.15, -0.1) is 0 Å². The minimum atomic E-state index is 0.0484. The zero-order chi connectivity index (χ0) is 14.8. The molecule has 0 aliphatic carbocycles. The lowest BCUT2D eigenvalue weighted by molar-refractivity contribution is 0.299. The third kappa shape index (κ3) is 2.79. The minimum Gasteiger partial charge on any atom is -0.506 e. The van der Waals surface area contributed by atoms with Crippen molar-refractivity contribution in [2.75, 3.05) is 11.9 Å². The number of nitrogens with one attached hydrogen (secondary N) is 1. The fourth-order valence-electron chi connectivity index (χ4n) is 2.15. The first-order valence-corrected chi connectivity index (χ1v) is 6.88. The van der Waals surface area contributed by atoms with Crippen LogP contribution in [0, 0.1) is 0 Å². The SMILES string of the molecule is OCCc1ccn2ncc(Nc3ccc(O)c(Cl)c3)c2c1. The van der Waals surface area contributed by atoms with Crippen LogP contribution in [0.15, 0.2) is 42.7 Å². The van der Waals surface area contributed by atoms with E-state index in [0.717, 1.165) is 22.5 Å². The van der Waals surface area contributed by atoms with Gasteiger partial charge in [-0.2, -0.15) is 5.10 Å². The van der Waals surface area contributed by atoms with Crippen molar-refractivity contribution in [3.8, 4) is 5.75 Å². The van der Waals surface area contributed by atoms with Gasteiger partial charge >= 0.3 is 0 Å². The Morgan fingerprint density at radius 2 is 2.10 bits per heavy atom. The maximum absolute atomic E-state index is 9.44. The molecule has 0 atom stereocenters. The van der Waals surface area contributed by atoms with Crippen molar-refractivity contribution in [2.24, 2.45) is 0 Å². The van der Waals surface area contributed by atoms with Crippen molar-refractivity contribution in [3.63, 3.8) is 0 Å². The standard InChI is InChI=1S/C15H14ClN3O2/c16-12-8-11(1-2-15(12)21)18-13-9-17-19-5-3-10(4-6-20)7-14(13)19/h1-3,5,7-9,18,20-21H,4,6H2. The molecule has 0 spiro atoms. The number of anilines is 2. The molecule has 1 aromatic carbocycles. The number of rotatable bonds is 4. The number of aromatic nitrogens is 2. The van der Waals surface area contributed by atoms with Gasteiger partial charge in [0.1, 0.15) is 5.75 Å². The van der Waals surface area contributed by atoms with Gasteiger partial charge in [-0.25, -0.2) is 4.52 Å². The second-order valence-electron chi connectivity index (χ2n) is 4.69. The quantitative estimate of drug-likeness (QED) is 0.648. The summed E-state index contributed by atoms with van der Waals surface area (Å²) in [7, 11) is 0. The number of aliphatic hydroxyl groups is 1. The summed E-state index contributed by atoms with van der Waals surface area (Å²) >= 11 is 5.90. The molecule has 0 aliphatic heterocycles. The molecule has 0 unspecified atom stereocenters. The molecule has 3 aromatic rings. The van der Waals surface area contributed by atoms with Crippen molar-refractivity contribution < 1.29 is 10.2 Å². The van der Waals surface area contributed by atoms with E-state index in [9.17, 15) is 5.11 Å². The number of benzene rings is 1. The maximum atomic E-state index is 9.44. The molecule has 0 aliphatic rings. The first-order chi connectivity index (χ1) is 10.2. The Hall–Kier alpha value is -2.24. The van der Waals surface area contributed by atoms with Crippen LogP contribution in [-0.2, 0) is 6.42 Å². The van der Waals surface area contributed by atoms with E-state index in [4.69, 9.17) is 16.7 Å². The smallest absolute Gasteiger partial charge is 0.134 e. The molecular formula is C15H14ClN3O2. The van der Waals surface area contributed by atoms with Crippen LogP contribution in [0.5, 0.6) is 5.75 Å². The number of pyridine rings is 1. The predicted octanol–water partition coefficient (Wildman–Crippen LogP) is 2.97. The minimum absolute atomic E-state index is 0.0484. The van der Waals surface area contributed by atoms with Crippen LogP contribution in [0.3, 0.4) is 0 Å². The second-order valence-corrected chi connectivity index (χ2v) is 5.10. The summed E-state index contributed by atoms with van der Waals surface area (Å²) in [5.74, 6) is 0.0484. The third-order valence-corrected chi connectivity index (χ3v) is 3.52. The van der Waals surface area contributed by atoms with Crippen molar-refractivity contribution in [1.82, 2.24) is 9.61 Å². The van der Waals surface area contributed by atoms with Gasteiger partial charge in [0.15, 0.2) is 0 Å². The molecule has 0 radical (unpaired) electrons. The number of hydrogen-bond acceptors (Lipinski definition) is 4. The molecule has 0 bridgehead atoms. The molecule has 2 heterocycles. The Labute approximate surface area is 126 Å². The van der Waals surface area contributed by atoms with Crippen molar-refractivity contribution in [1.29, 1.82) is 0 Å². The number of fused-ring (bicyclic) bond motifs is 1. The topological polar surface area (TPSA) is 69.8 Å². The van der Waals surface area contributed by atoms with Gasteiger partial charge in [0.2, 0.25) is 0 Å². The first-order valence-electron chi connectivity index (χ1n) is 6.50. The lowest BCUT2D eigenvalue weighted by Crippen LogP contribution is -1.95. The average Bonchev–Trinajstić information content (AvgIpc) is 2.86. The van der Waals surface area contributed by atoms with Crippen molar-refractivity contribution in [2.45, 2.75) is 6.42 Å². The van der Waals surface area contributed by atoms with Crippen molar-refractivity contribution >= 4 is 28.5 Å². The lowest BCUT2D eigenvalue weighted by Gasteiger charge is -2.07. The van der Waals surface area contributed by atoms with Crippen LogP contribution >= 0.6 is 11.6 Å². The normalized spacial score (nSPS) is 11.0. The maximum Gasteiger partial charge on any atom is 0.134 e. The van der Waals surface area contributed by atoms with Crippen LogP contribution in [0.25, 0.3) is 5.52 Å². The van der Waals surface area contributed by atoms with E-state index in [1.165, 1.54) is 6.07 Å². The number of phenols is 1. The number of nitrogens with zero attached hydrogens (tertiary/aromatic N) is 2. The van der Waals surface area contributed by atoms with E-state index in [0.29, 0.717) is 6.42 Å². The molecule has 5 nitrogen and oxygen atoms in total. The molecule has 0 saturated carbocycles. The van der Waals surface area contributed by atoms with Gasteiger partial charge in [0, 0.05) is 18.5 Å². The van der Waals surface area contributed by atoms with E-state index in [2.05, 4.69) is 10.4 Å². The van der Waals surface area contributed by atoms with Gasteiger partial charge in [-0.1, -0.05) is 11.6 Å². The summed E-state index contributed by atoms with van der Waals surface area (Å²) in [6.07, 6.45) is 4.18. The molecule has 6 heteroatoms. The Morgan fingerprint density at radius 1 is 1.24 bits per heavy atom. The van der Waals surface area contributed by atoms with Crippen LogP contribution in [0.4, 0.5) is 11.4 Å². The molecule has 108 valence electrons. The Morgan fingerprint density at radius 3 is 2.86 bits per heavy atom. The predicted molar refractivity (Wildman–Crippen MR) is 82.4 cm³/mol. The highest BCUT2D eigenvalue weighted by molar-refractivity contribution is 6.32. The van der Waals surface area contributed by atoms with E-state index in [1.54, 1.807) is 22.8 Å². The molecule has 3 rings (SSSR count). The molecule has 0 amide bonds. The van der Waals surface area contributed by atoms with E-state index in [-0.39, 0.29) is 17.4 Å². The first kappa shape index (κ1) is 13.7. The Bertz CT molecular complexity index is 786. The zero-order valence-electron chi connectivity index (χ0n) is 11.1. The summed E-state index contributed by atoms with van der Waals surface area (Å²) < 4.78 is 1.76. The number of halogens is 1. The lowest BCUT2D eigenvalue weighted by atomic mass is 10.2. The molecule has 21 heavy (non-hydrogen) atoms. The summed E-state index contributed by atoms with van der Waals surface area (Å²) in [4.78, 5) is 0. The van der Waals surface area contributed by atoms with E-state index in [1.807, 2.05) is 18.3 Å². The Kier molecular flexibility index (Phi) is 3.68. The third-order valence-electron chi connectivity index (χ3n) is 3.21. The van der Waals surface area contributed by atoms with Gasteiger partial charge < -0.3 is 15.5 Å². The zero-order valence-corrected chi connectivity index (χ0v) is 11.9. The molecule has 3 N–H and O–H groups in total. The molecule has 0 fully saturated rings. The van der Waals surface area contributed by atoms with Crippen LogP contribution in [0.1, 0.15) is 5.56 Å². The van der Waals surface area contributed by atoms with Gasteiger partial charge in [-0.05, 0) is 42.3 Å². The molecular weight excluding hydrogens is 290 g/mol. The van der Waals surface area contributed by atoms with E-state index >= 15 is 0 Å². The van der Waals surface area contributed by atoms with Gasteiger partial charge in [0.25, 0.3) is 0 Å². The van der Waals surface area contributed by atoms with Crippen molar-refractivity contribution in [3.05, 3.63) is 53.3 Å². The number of aromatic hydroxyl groups is 1. The fraction of sp³-hybridized carbons (Fsp3) is 0.133. The highest BCUT2D eigenvalue weighted by Crippen LogP contribution is 2.29. The fourth-order valence-corrected chi connectivity index (χ4v) is 2.33. The largest absolute Gasteiger partial charge is 0.506 e. The molecule has 2 aromatic heterocycles.